The zero-order valence-electron chi connectivity index (χ0n) is 15.0. The van der Waals surface area contributed by atoms with Crippen LogP contribution in [0.2, 0.25) is 0 Å². The summed E-state index contributed by atoms with van der Waals surface area (Å²) in [5, 5.41) is 3.68. The number of benzene rings is 2. The minimum atomic E-state index is 0.565. The molecule has 25 heavy (non-hydrogen) atoms. The Hall–Kier alpha value is -2.33. The molecule has 0 spiro atoms. The topological polar surface area (TPSA) is 44.0 Å². The number of aromatic nitrogens is 2. The molecule has 3 aromatic rings. The molecule has 0 radical (unpaired) electrons. The van der Waals surface area contributed by atoms with E-state index in [1.54, 1.807) is 0 Å². The largest absolute Gasteiger partial charge is 0.371 e. The molecular formula is C21H26N4. The van der Waals surface area contributed by atoms with Crippen LogP contribution in [0.3, 0.4) is 0 Å². The van der Waals surface area contributed by atoms with Gasteiger partial charge in [-0.15, -0.1) is 0 Å². The fourth-order valence-corrected chi connectivity index (χ4v) is 3.74. The Bertz CT molecular complexity index is 859. The molecule has 1 aromatic heterocycles. The predicted molar refractivity (Wildman–Crippen MR) is 104 cm³/mol. The SMILES string of the molecule is Cc1ccc2nc(CNC3CCN(c4ccccc4C)CC3)[nH]c2c1. The number of para-hydroxylation sites is 1. The van der Waals surface area contributed by atoms with E-state index < -0.39 is 0 Å². The van der Waals surface area contributed by atoms with Crippen LogP contribution in [-0.2, 0) is 6.54 Å². The number of anilines is 1. The van der Waals surface area contributed by atoms with Crippen molar-refractivity contribution >= 4 is 16.7 Å². The summed E-state index contributed by atoms with van der Waals surface area (Å²) in [6.45, 7) is 7.34. The van der Waals surface area contributed by atoms with Crippen LogP contribution in [0.25, 0.3) is 11.0 Å². The minimum absolute atomic E-state index is 0.565. The van der Waals surface area contributed by atoms with Gasteiger partial charge in [0.05, 0.1) is 17.6 Å². The van der Waals surface area contributed by atoms with Gasteiger partial charge in [0.15, 0.2) is 0 Å². The van der Waals surface area contributed by atoms with Crippen LogP contribution < -0.4 is 10.2 Å². The van der Waals surface area contributed by atoms with Gasteiger partial charge in [-0.25, -0.2) is 4.98 Å². The monoisotopic (exact) mass is 334 g/mol. The number of nitrogens with one attached hydrogen (secondary N) is 2. The zero-order chi connectivity index (χ0) is 17.2. The molecule has 4 heteroatoms. The number of fused-ring (bicyclic) bond motifs is 1. The molecule has 0 aliphatic carbocycles. The summed E-state index contributed by atoms with van der Waals surface area (Å²) in [5.74, 6) is 1.03. The second-order valence-corrected chi connectivity index (χ2v) is 7.13. The first kappa shape index (κ1) is 16.2. The molecule has 0 atom stereocenters. The zero-order valence-corrected chi connectivity index (χ0v) is 15.0. The molecule has 2 aromatic carbocycles. The van der Waals surface area contributed by atoms with Crippen LogP contribution in [0.15, 0.2) is 42.5 Å². The van der Waals surface area contributed by atoms with Crippen molar-refractivity contribution in [2.45, 2.75) is 39.3 Å². The van der Waals surface area contributed by atoms with E-state index in [4.69, 9.17) is 0 Å². The summed E-state index contributed by atoms with van der Waals surface area (Å²) < 4.78 is 0. The molecule has 0 unspecified atom stereocenters. The maximum atomic E-state index is 4.68. The number of nitrogens with zero attached hydrogens (tertiary/aromatic N) is 2. The molecule has 4 rings (SSSR count). The molecule has 2 N–H and O–H groups in total. The molecule has 1 aliphatic heterocycles. The van der Waals surface area contributed by atoms with Crippen LogP contribution >= 0.6 is 0 Å². The van der Waals surface area contributed by atoms with Crippen LogP contribution in [0.5, 0.6) is 0 Å². The van der Waals surface area contributed by atoms with Gasteiger partial charge in [-0.2, -0.15) is 0 Å². The van der Waals surface area contributed by atoms with Gasteiger partial charge >= 0.3 is 0 Å². The van der Waals surface area contributed by atoms with E-state index in [0.717, 1.165) is 36.5 Å². The van der Waals surface area contributed by atoms with Crippen LogP contribution in [0.4, 0.5) is 5.69 Å². The van der Waals surface area contributed by atoms with Crippen molar-refractivity contribution in [3.63, 3.8) is 0 Å². The Morgan fingerprint density at radius 2 is 1.92 bits per heavy atom. The van der Waals surface area contributed by atoms with Crippen molar-refractivity contribution in [1.82, 2.24) is 15.3 Å². The molecule has 4 nitrogen and oxygen atoms in total. The van der Waals surface area contributed by atoms with E-state index in [2.05, 4.69) is 76.5 Å². The summed E-state index contributed by atoms with van der Waals surface area (Å²) >= 11 is 0. The quantitative estimate of drug-likeness (QED) is 0.759. The Balaban J connectivity index is 1.33. The summed E-state index contributed by atoms with van der Waals surface area (Å²) in [7, 11) is 0. The highest BCUT2D eigenvalue weighted by Gasteiger charge is 2.20. The van der Waals surface area contributed by atoms with Gasteiger partial charge in [-0.3, -0.25) is 0 Å². The third-order valence-corrected chi connectivity index (χ3v) is 5.20. The number of H-pyrrole nitrogens is 1. The first-order chi connectivity index (χ1) is 12.2. The normalized spacial score (nSPS) is 15.8. The number of hydrogen-bond acceptors (Lipinski definition) is 3. The maximum Gasteiger partial charge on any atom is 0.121 e. The molecule has 130 valence electrons. The Kier molecular flexibility index (Phi) is 4.45. The van der Waals surface area contributed by atoms with Crippen LogP contribution in [0.1, 0.15) is 29.8 Å². The first-order valence-corrected chi connectivity index (χ1v) is 9.18. The molecule has 0 bridgehead atoms. The molecule has 0 amide bonds. The van der Waals surface area contributed by atoms with Gasteiger partial charge in [0.1, 0.15) is 5.82 Å². The summed E-state index contributed by atoms with van der Waals surface area (Å²) in [4.78, 5) is 10.6. The van der Waals surface area contributed by atoms with Crippen molar-refractivity contribution in [1.29, 1.82) is 0 Å². The minimum Gasteiger partial charge on any atom is -0.371 e. The average molecular weight is 334 g/mol. The van der Waals surface area contributed by atoms with Crippen molar-refractivity contribution < 1.29 is 0 Å². The second kappa shape index (κ2) is 6.89. The van der Waals surface area contributed by atoms with Gasteiger partial charge in [-0.1, -0.05) is 24.3 Å². The standard InChI is InChI=1S/C21H26N4/c1-15-7-8-18-19(13-15)24-21(23-18)14-22-17-9-11-25(12-10-17)20-6-4-3-5-16(20)2/h3-8,13,17,22H,9-12,14H2,1-2H3,(H,23,24). The Morgan fingerprint density at radius 1 is 1.12 bits per heavy atom. The van der Waals surface area contributed by atoms with E-state index in [1.807, 2.05) is 0 Å². The van der Waals surface area contributed by atoms with Gasteiger partial charge in [0.25, 0.3) is 0 Å². The summed E-state index contributed by atoms with van der Waals surface area (Å²) in [6, 6.07) is 15.6. The first-order valence-electron chi connectivity index (χ1n) is 9.18. The lowest BCUT2D eigenvalue weighted by atomic mass is 10.0. The highest BCUT2D eigenvalue weighted by Crippen LogP contribution is 2.23. The van der Waals surface area contributed by atoms with Gasteiger partial charge in [-0.05, 0) is 56.0 Å². The fraction of sp³-hybridized carbons (Fsp3) is 0.381. The Morgan fingerprint density at radius 3 is 2.72 bits per heavy atom. The number of rotatable bonds is 4. The van der Waals surface area contributed by atoms with Gasteiger partial charge in [0, 0.05) is 24.8 Å². The lowest BCUT2D eigenvalue weighted by Gasteiger charge is -2.34. The van der Waals surface area contributed by atoms with E-state index in [1.165, 1.54) is 29.7 Å². The fourth-order valence-electron chi connectivity index (χ4n) is 3.74. The molecule has 2 heterocycles. The molecule has 1 saturated heterocycles. The van der Waals surface area contributed by atoms with Crippen molar-refractivity contribution in [2.24, 2.45) is 0 Å². The molecule has 1 fully saturated rings. The van der Waals surface area contributed by atoms with Gasteiger partial charge < -0.3 is 15.2 Å². The Labute approximate surface area is 149 Å². The van der Waals surface area contributed by atoms with Crippen LogP contribution in [0, 0.1) is 13.8 Å². The lowest BCUT2D eigenvalue weighted by Crippen LogP contribution is -2.42. The number of imidazole rings is 1. The highest BCUT2D eigenvalue weighted by molar-refractivity contribution is 5.75. The maximum absolute atomic E-state index is 4.68. The smallest absolute Gasteiger partial charge is 0.121 e. The number of hydrogen-bond donors (Lipinski definition) is 2. The number of aryl methyl sites for hydroxylation is 2. The number of aromatic amines is 1. The third-order valence-electron chi connectivity index (χ3n) is 5.20. The van der Waals surface area contributed by atoms with E-state index in [0.29, 0.717) is 6.04 Å². The second-order valence-electron chi connectivity index (χ2n) is 7.13. The third kappa shape index (κ3) is 3.54. The molecule has 1 aliphatic rings. The van der Waals surface area contributed by atoms with Gasteiger partial charge in [0.2, 0.25) is 0 Å². The van der Waals surface area contributed by atoms with Crippen molar-refractivity contribution in [3.05, 3.63) is 59.4 Å². The van der Waals surface area contributed by atoms with Crippen LogP contribution in [-0.4, -0.2) is 29.1 Å². The van der Waals surface area contributed by atoms with Crippen molar-refractivity contribution in [2.75, 3.05) is 18.0 Å². The summed E-state index contributed by atoms with van der Waals surface area (Å²) in [6.07, 6.45) is 2.35. The molecule has 0 saturated carbocycles. The summed E-state index contributed by atoms with van der Waals surface area (Å²) in [5.41, 5.74) is 6.20. The van der Waals surface area contributed by atoms with Crippen molar-refractivity contribution in [3.8, 4) is 0 Å². The number of piperidine rings is 1. The van der Waals surface area contributed by atoms with E-state index in [-0.39, 0.29) is 0 Å². The average Bonchev–Trinajstić information content (AvgIpc) is 3.03. The van der Waals surface area contributed by atoms with E-state index >= 15 is 0 Å². The highest BCUT2D eigenvalue weighted by atomic mass is 15.2. The lowest BCUT2D eigenvalue weighted by molar-refractivity contribution is 0.410. The van der Waals surface area contributed by atoms with E-state index in [9.17, 15) is 0 Å². The predicted octanol–water partition coefficient (Wildman–Crippen LogP) is 3.94. The molecular weight excluding hydrogens is 308 g/mol.